The fourth-order valence-corrected chi connectivity index (χ4v) is 2.89. The van der Waals surface area contributed by atoms with Crippen molar-refractivity contribution >= 4 is 11.3 Å². The molecule has 1 N–H and O–H groups in total. The van der Waals surface area contributed by atoms with Crippen molar-refractivity contribution in [2.24, 2.45) is 0 Å². The highest BCUT2D eigenvalue weighted by molar-refractivity contribution is 7.09. The van der Waals surface area contributed by atoms with E-state index in [-0.39, 0.29) is 0 Å². The molecule has 1 saturated heterocycles. The van der Waals surface area contributed by atoms with Gasteiger partial charge in [-0.25, -0.2) is 4.98 Å². The summed E-state index contributed by atoms with van der Waals surface area (Å²) in [5.41, 5.74) is 0. The summed E-state index contributed by atoms with van der Waals surface area (Å²) in [7, 11) is 2.22. The predicted octanol–water partition coefficient (Wildman–Crippen LogP) is 1.89. The third-order valence-electron chi connectivity index (χ3n) is 3.30. The second-order valence-electron chi connectivity index (χ2n) is 4.19. The Morgan fingerprint density at radius 1 is 1.53 bits per heavy atom. The minimum Gasteiger partial charge on any atom is -0.317 e. The van der Waals surface area contributed by atoms with Crippen molar-refractivity contribution < 1.29 is 0 Å². The third kappa shape index (κ3) is 2.56. The normalized spacial score (nSPS) is 20.7. The van der Waals surface area contributed by atoms with Crippen LogP contribution in [0.2, 0.25) is 0 Å². The number of hydrogen-bond donors (Lipinski definition) is 1. The summed E-state index contributed by atoms with van der Waals surface area (Å²) < 4.78 is 0. The SMILES string of the molecule is C[C@@H](c1nccs1)N(C)C1CCNCC1. The van der Waals surface area contributed by atoms with Crippen molar-refractivity contribution in [1.82, 2.24) is 15.2 Å². The molecule has 2 rings (SSSR count). The molecule has 4 heteroatoms. The van der Waals surface area contributed by atoms with E-state index in [0.29, 0.717) is 12.1 Å². The van der Waals surface area contributed by atoms with E-state index in [0.717, 1.165) is 13.1 Å². The molecule has 0 saturated carbocycles. The lowest BCUT2D eigenvalue weighted by Gasteiger charge is -2.34. The van der Waals surface area contributed by atoms with E-state index in [1.807, 2.05) is 6.20 Å². The van der Waals surface area contributed by atoms with Gasteiger partial charge in [0.05, 0.1) is 6.04 Å². The number of aromatic nitrogens is 1. The Morgan fingerprint density at radius 2 is 2.27 bits per heavy atom. The number of hydrogen-bond acceptors (Lipinski definition) is 4. The van der Waals surface area contributed by atoms with Gasteiger partial charge < -0.3 is 5.32 Å². The Labute approximate surface area is 95.5 Å². The Bertz CT molecular complexity index is 280. The summed E-state index contributed by atoms with van der Waals surface area (Å²) in [6.45, 7) is 4.56. The molecule has 0 amide bonds. The molecule has 1 aliphatic heterocycles. The van der Waals surface area contributed by atoms with Crippen LogP contribution in [0.4, 0.5) is 0 Å². The minimum atomic E-state index is 0.452. The second-order valence-corrected chi connectivity index (χ2v) is 5.12. The van der Waals surface area contributed by atoms with E-state index >= 15 is 0 Å². The molecule has 1 aliphatic rings. The van der Waals surface area contributed by atoms with Crippen LogP contribution in [0.15, 0.2) is 11.6 Å². The van der Waals surface area contributed by atoms with Gasteiger partial charge in [0.2, 0.25) is 0 Å². The molecule has 15 heavy (non-hydrogen) atoms. The van der Waals surface area contributed by atoms with Gasteiger partial charge in [-0.15, -0.1) is 11.3 Å². The van der Waals surface area contributed by atoms with Crippen LogP contribution in [-0.2, 0) is 0 Å². The van der Waals surface area contributed by atoms with E-state index in [2.05, 4.69) is 34.6 Å². The first-order chi connectivity index (χ1) is 7.29. The lowest BCUT2D eigenvalue weighted by molar-refractivity contribution is 0.152. The number of nitrogens with zero attached hydrogens (tertiary/aromatic N) is 2. The highest BCUT2D eigenvalue weighted by atomic mass is 32.1. The van der Waals surface area contributed by atoms with E-state index < -0.39 is 0 Å². The Balaban J connectivity index is 1.97. The molecule has 0 radical (unpaired) electrons. The molecule has 3 nitrogen and oxygen atoms in total. The molecular formula is C11H19N3S. The quantitative estimate of drug-likeness (QED) is 0.851. The topological polar surface area (TPSA) is 28.2 Å². The van der Waals surface area contributed by atoms with Gasteiger partial charge in [-0.3, -0.25) is 4.90 Å². The average molecular weight is 225 g/mol. The predicted molar refractivity (Wildman–Crippen MR) is 64.2 cm³/mol. The number of nitrogens with one attached hydrogen (secondary N) is 1. The van der Waals surface area contributed by atoms with Gasteiger partial charge in [-0.05, 0) is 39.9 Å². The fraction of sp³-hybridized carbons (Fsp3) is 0.727. The van der Waals surface area contributed by atoms with E-state index in [1.165, 1.54) is 17.8 Å². The zero-order chi connectivity index (χ0) is 10.7. The minimum absolute atomic E-state index is 0.452. The number of piperidine rings is 1. The van der Waals surface area contributed by atoms with Crippen LogP contribution < -0.4 is 5.32 Å². The van der Waals surface area contributed by atoms with Crippen LogP contribution in [0.1, 0.15) is 30.8 Å². The largest absolute Gasteiger partial charge is 0.317 e. The maximum atomic E-state index is 4.39. The van der Waals surface area contributed by atoms with Crippen LogP contribution >= 0.6 is 11.3 Å². The van der Waals surface area contributed by atoms with E-state index in [9.17, 15) is 0 Å². The van der Waals surface area contributed by atoms with Crippen molar-refractivity contribution in [1.29, 1.82) is 0 Å². The molecule has 0 spiro atoms. The molecule has 0 aromatic carbocycles. The van der Waals surface area contributed by atoms with Crippen LogP contribution in [-0.4, -0.2) is 36.1 Å². The summed E-state index contributed by atoms with van der Waals surface area (Å²) in [6, 6.07) is 1.17. The van der Waals surface area contributed by atoms with Crippen molar-refractivity contribution in [2.75, 3.05) is 20.1 Å². The first kappa shape index (κ1) is 11.0. The summed E-state index contributed by atoms with van der Waals surface area (Å²) in [5.74, 6) is 0. The maximum absolute atomic E-state index is 4.39. The van der Waals surface area contributed by atoms with Crippen molar-refractivity contribution in [3.8, 4) is 0 Å². The molecular weight excluding hydrogens is 206 g/mol. The summed E-state index contributed by atoms with van der Waals surface area (Å²) in [4.78, 5) is 6.87. The van der Waals surface area contributed by atoms with Crippen LogP contribution in [0.5, 0.6) is 0 Å². The molecule has 1 aromatic heterocycles. The van der Waals surface area contributed by atoms with Gasteiger partial charge in [0, 0.05) is 17.6 Å². The van der Waals surface area contributed by atoms with Crippen molar-refractivity contribution in [3.63, 3.8) is 0 Å². The number of thiazole rings is 1. The molecule has 84 valence electrons. The molecule has 0 aliphatic carbocycles. The Kier molecular flexibility index (Phi) is 3.72. The standard InChI is InChI=1S/C11H19N3S/c1-9(11-13-7-8-15-11)14(2)10-3-5-12-6-4-10/h7-10,12H,3-6H2,1-2H3/t9-/m0/s1. The zero-order valence-electron chi connectivity index (χ0n) is 9.44. The van der Waals surface area contributed by atoms with Gasteiger partial charge in [0.15, 0.2) is 0 Å². The summed E-state index contributed by atoms with van der Waals surface area (Å²) in [6.07, 6.45) is 4.41. The lowest BCUT2D eigenvalue weighted by Crippen LogP contribution is -2.42. The van der Waals surface area contributed by atoms with Gasteiger partial charge >= 0.3 is 0 Å². The Hall–Kier alpha value is -0.450. The average Bonchev–Trinajstić information content (AvgIpc) is 2.82. The summed E-state index contributed by atoms with van der Waals surface area (Å²) in [5, 5.41) is 6.69. The van der Waals surface area contributed by atoms with Gasteiger partial charge in [-0.2, -0.15) is 0 Å². The second kappa shape index (κ2) is 5.05. The monoisotopic (exact) mass is 225 g/mol. The number of rotatable bonds is 3. The van der Waals surface area contributed by atoms with E-state index in [4.69, 9.17) is 0 Å². The molecule has 0 unspecified atom stereocenters. The molecule has 0 bridgehead atoms. The smallest absolute Gasteiger partial charge is 0.109 e. The van der Waals surface area contributed by atoms with Gasteiger partial charge in [0.25, 0.3) is 0 Å². The van der Waals surface area contributed by atoms with Crippen LogP contribution in [0.25, 0.3) is 0 Å². The van der Waals surface area contributed by atoms with Gasteiger partial charge in [0.1, 0.15) is 5.01 Å². The Morgan fingerprint density at radius 3 is 2.87 bits per heavy atom. The first-order valence-electron chi connectivity index (χ1n) is 5.61. The molecule has 1 fully saturated rings. The first-order valence-corrected chi connectivity index (χ1v) is 6.49. The van der Waals surface area contributed by atoms with Crippen LogP contribution in [0.3, 0.4) is 0 Å². The lowest BCUT2D eigenvalue weighted by atomic mass is 10.0. The molecule has 1 atom stereocenters. The van der Waals surface area contributed by atoms with Crippen molar-refractivity contribution in [2.45, 2.75) is 31.8 Å². The van der Waals surface area contributed by atoms with Gasteiger partial charge in [-0.1, -0.05) is 0 Å². The highest BCUT2D eigenvalue weighted by Crippen LogP contribution is 2.25. The van der Waals surface area contributed by atoms with Crippen LogP contribution in [0, 0.1) is 0 Å². The maximum Gasteiger partial charge on any atom is 0.109 e. The fourth-order valence-electron chi connectivity index (χ4n) is 2.15. The van der Waals surface area contributed by atoms with E-state index in [1.54, 1.807) is 11.3 Å². The summed E-state index contributed by atoms with van der Waals surface area (Å²) >= 11 is 1.75. The third-order valence-corrected chi connectivity index (χ3v) is 4.25. The zero-order valence-corrected chi connectivity index (χ0v) is 10.3. The molecule has 2 heterocycles. The highest BCUT2D eigenvalue weighted by Gasteiger charge is 2.23. The van der Waals surface area contributed by atoms with Crippen molar-refractivity contribution in [3.05, 3.63) is 16.6 Å². The molecule has 1 aromatic rings.